The Morgan fingerprint density at radius 1 is 1.37 bits per heavy atom. The molecule has 3 N–H and O–H groups in total. The Balaban J connectivity index is 2.42. The molecule has 0 saturated carbocycles. The second-order valence-electron chi connectivity index (χ2n) is 4.66. The summed E-state index contributed by atoms with van der Waals surface area (Å²) in [4.78, 5) is 33.6. The minimum absolute atomic E-state index is 0.0666. The highest BCUT2D eigenvalue weighted by molar-refractivity contribution is 7.13. The quantitative estimate of drug-likeness (QED) is 0.744. The fraction of sp³-hybridized carbons (Fsp3) is 0.500. The minimum atomic E-state index is -0.990. The average Bonchev–Trinajstić information content (AvgIpc) is 2.65. The molecule has 0 unspecified atom stereocenters. The number of urea groups is 1. The number of rotatable bonds is 5. The van der Waals surface area contributed by atoms with Gasteiger partial charge in [-0.2, -0.15) is 0 Å². The molecule has 1 aromatic heterocycles. The van der Waals surface area contributed by atoms with Crippen LogP contribution in [0.3, 0.4) is 0 Å². The molecule has 1 rings (SSSR count). The third-order valence-electron chi connectivity index (χ3n) is 2.10. The van der Waals surface area contributed by atoms with Gasteiger partial charge in [-0.3, -0.25) is 20.2 Å². The molecule has 0 atom stereocenters. The van der Waals surface area contributed by atoms with Gasteiger partial charge in [-0.1, -0.05) is 25.2 Å². The summed E-state index contributed by atoms with van der Waals surface area (Å²) >= 11 is 1.12. The summed E-state index contributed by atoms with van der Waals surface area (Å²) in [6.45, 7) is 3.28. The maximum atomic E-state index is 11.6. The van der Waals surface area contributed by atoms with Gasteiger partial charge in [0.05, 0.1) is 6.42 Å². The van der Waals surface area contributed by atoms with Crippen molar-refractivity contribution in [2.75, 3.05) is 5.32 Å². The molecule has 0 bridgehead atoms. The minimum Gasteiger partial charge on any atom is -0.481 e. The van der Waals surface area contributed by atoms with E-state index in [1.54, 1.807) is 13.8 Å². The number of aromatic nitrogens is 2. The number of carbonyl (C=O) groups excluding carboxylic acids is 2. The molecule has 0 saturated heterocycles. The van der Waals surface area contributed by atoms with E-state index < -0.39 is 23.3 Å². The zero-order chi connectivity index (χ0) is 14.5. The molecule has 0 aromatic carbocycles. The molecule has 0 fully saturated rings. The first-order valence-corrected chi connectivity index (χ1v) is 6.25. The Bertz CT molecular complexity index is 472. The van der Waals surface area contributed by atoms with Crippen LogP contribution in [0.4, 0.5) is 9.93 Å². The van der Waals surface area contributed by atoms with E-state index in [9.17, 15) is 14.4 Å². The lowest BCUT2D eigenvalue weighted by Gasteiger charge is -2.21. The van der Waals surface area contributed by atoms with Crippen LogP contribution in [-0.2, 0) is 9.59 Å². The highest BCUT2D eigenvalue weighted by Crippen LogP contribution is 2.24. The lowest BCUT2D eigenvalue weighted by atomic mass is 9.85. The van der Waals surface area contributed by atoms with Crippen molar-refractivity contribution in [2.24, 2.45) is 5.41 Å². The molecule has 1 heterocycles. The number of carbonyl (C=O) groups is 3. The van der Waals surface area contributed by atoms with Gasteiger partial charge in [0, 0.05) is 6.42 Å². The number of aliphatic carboxylic acids is 1. The van der Waals surface area contributed by atoms with E-state index in [1.165, 1.54) is 5.51 Å². The lowest BCUT2D eigenvalue weighted by molar-refractivity contribution is -0.139. The van der Waals surface area contributed by atoms with Gasteiger partial charge in [-0.15, -0.1) is 10.2 Å². The third-order valence-corrected chi connectivity index (χ3v) is 2.71. The van der Waals surface area contributed by atoms with Crippen LogP contribution in [0.2, 0.25) is 0 Å². The van der Waals surface area contributed by atoms with Gasteiger partial charge in [0.2, 0.25) is 11.0 Å². The maximum Gasteiger partial charge on any atom is 0.327 e. The largest absolute Gasteiger partial charge is 0.481 e. The lowest BCUT2D eigenvalue weighted by Crippen LogP contribution is -2.37. The molecule has 1 aromatic rings. The Hall–Kier alpha value is -2.03. The van der Waals surface area contributed by atoms with Crippen molar-refractivity contribution in [3.05, 3.63) is 5.51 Å². The first kappa shape index (κ1) is 15.0. The highest BCUT2D eigenvalue weighted by Gasteiger charge is 2.26. The second-order valence-corrected chi connectivity index (χ2v) is 5.49. The maximum absolute atomic E-state index is 11.6. The summed E-state index contributed by atoms with van der Waals surface area (Å²) in [5.41, 5.74) is 0.715. The van der Waals surface area contributed by atoms with Gasteiger partial charge in [-0.25, -0.2) is 4.79 Å². The molecular formula is C10H14N4O4S. The van der Waals surface area contributed by atoms with E-state index in [1.807, 2.05) is 0 Å². The molecule has 3 amide bonds. The van der Waals surface area contributed by atoms with Crippen LogP contribution in [0, 0.1) is 5.41 Å². The molecule has 0 aliphatic heterocycles. The Kier molecular flexibility index (Phi) is 4.93. The normalized spacial score (nSPS) is 10.8. The number of amides is 3. The van der Waals surface area contributed by atoms with Crippen LogP contribution >= 0.6 is 11.3 Å². The van der Waals surface area contributed by atoms with Crippen molar-refractivity contribution in [2.45, 2.75) is 26.7 Å². The van der Waals surface area contributed by atoms with Crippen molar-refractivity contribution >= 4 is 34.4 Å². The monoisotopic (exact) mass is 286 g/mol. The third kappa shape index (κ3) is 5.91. The van der Waals surface area contributed by atoms with Crippen LogP contribution in [0.15, 0.2) is 5.51 Å². The second kappa shape index (κ2) is 6.23. The Labute approximate surface area is 113 Å². The Morgan fingerprint density at radius 3 is 2.58 bits per heavy atom. The molecule has 104 valence electrons. The van der Waals surface area contributed by atoms with Crippen molar-refractivity contribution in [1.29, 1.82) is 0 Å². The van der Waals surface area contributed by atoms with Crippen molar-refractivity contribution in [3.8, 4) is 0 Å². The number of carboxylic acids is 1. The molecule has 19 heavy (non-hydrogen) atoms. The fourth-order valence-electron chi connectivity index (χ4n) is 1.43. The molecule has 8 nitrogen and oxygen atoms in total. The van der Waals surface area contributed by atoms with Crippen LogP contribution in [0.25, 0.3) is 0 Å². The number of anilines is 1. The van der Waals surface area contributed by atoms with E-state index >= 15 is 0 Å². The number of carboxylic acid groups (broad SMARTS) is 1. The first-order chi connectivity index (χ1) is 8.78. The van der Waals surface area contributed by atoms with Gasteiger partial charge in [0.1, 0.15) is 5.51 Å². The summed E-state index contributed by atoms with van der Waals surface area (Å²) in [5, 5.41) is 20.5. The zero-order valence-corrected chi connectivity index (χ0v) is 11.3. The molecular weight excluding hydrogens is 272 g/mol. The van der Waals surface area contributed by atoms with E-state index in [-0.39, 0.29) is 18.0 Å². The van der Waals surface area contributed by atoms with Gasteiger partial charge in [0.15, 0.2) is 0 Å². The van der Waals surface area contributed by atoms with E-state index in [4.69, 9.17) is 5.11 Å². The molecule has 0 aliphatic rings. The number of nitrogens with one attached hydrogen (secondary N) is 2. The predicted molar refractivity (Wildman–Crippen MR) is 67.7 cm³/mol. The highest BCUT2D eigenvalue weighted by atomic mass is 32.1. The van der Waals surface area contributed by atoms with E-state index in [0.717, 1.165) is 11.3 Å². The van der Waals surface area contributed by atoms with Crippen LogP contribution < -0.4 is 10.6 Å². The summed E-state index contributed by atoms with van der Waals surface area (Å²) < 4.78 is 0. The molecule has 0 spiro atoms. The first-order valence-electron chi connectivity index (χ1n) is 5.37. The SMILES string of the molecule is CC(C)(CC(=O)O)CC(=O)NC(=O)Nc1nncs1. The summed E-state index contributed by atoms with van der Waals surface area (Å²) in [6, 6.07) is -0.715. The van der Waals surface area contributed by atoms with Crippen molar-refractivity contribution in [1.82, 2.24) is 15.5 Å². The summed E-state index contributed by atoms with van der Waals surface area (Å²) in [6.07, 6.45) is -0.221. The average molecular weight is 286 g/mol. The van der Waals surface area contributed by atoms with Crippen LogP contribution in [0.1, 0.15) is 26.7 Å². The van der Waals surface area contributed by atoms with Crippen molar-refractivity contribution < 1.29 is 19.5 Å². The summed E-state index contributed by atoms with van der Waals surface area (Å²) in [5.74, 6) is -1.54. The summed E-state index contributed by atoms with van der Waals surface area (Å²) in [7, 11) is 0. The van der Waals surface area contributed by atoms with Gasteiger partial charge >= 0.3 is 12.0 Å². The molecule has 9 heteroatoms. The molecule has 0 radical (unpaired) electrons. The van der Waals surface area contributed by atoms with Crippen molar-refractivity contribution in [3.63, 3.8) is 0 Å². The van der Waals surface area contributed by atoms with E-state index in [0.29, 0.717) is 0 Å². The smallest absolute Gasteiger partial charge is 0.327 e. The zero-order valence-electron chi connectivity index (χ0n) is 10.5. The number of nitrogens with zero attached hydrogens (tertiary/aromatic N) is 2. The number of hydrogen-bond acceptors (Lipinski definition) is 6. The number of imide groups is 1. The van der Waals surface area contributed by atoms with Crippen LogP contribution in [-0.4, -0.2) is 33.2 Å². The Morgan fingerprint density at radius 2 is 2.05 bits per heavy atom. The fourth-order valence-corrected chi connectivity index (χ4v) is 1.87. The van der Waals surface area contributed by atoms with Crippen LogP contribution in [0.5, 0.6) is 0 Å². The van der Waals surface area contributed by atoms with Gasteiger partial charge < -0.3 is 5.11 Å². The standard InChI is InChI=1S/C10H14N4O4S/c1-10(2,4-7(16)17)3-6(15)12-8(18)13-9-14-11-5-19-9/h5H,3-4H2,1-2H3,(H,16,17)(H2,12,13,14,15,18). The van der Waals surface area contributed by atoms with Gasteiger partial charge in [0.25, 0.3) is 0 Å². The van der Waals surface area contributed by atoms with E-state index in [2.05, 4.69) is 20.8 Å². The predicted octanol–water partition coefficient (Wildman–Crippen LogP) is 1.08. The van der Waals surface area contributed by atoms with Gasteiger partial charge in [-0.05, 0) is 5.41 Å². The molecule has 0 aliphatic carbocycles. The number of hydrogen-bond donors (Lipinski definition) is 3. The topological polar surface area (TPSA) is 121 Å².